The van der Waals surface area contributed by atoms with Gasteiger partial charge < -0.3 is 15.8 Å². The van der Waals surface area contributed by atoms with Gasteiger partial charge in [0.1, 0.15) is 9.71 Å². The molecule has 3 aromatic heterocycles. The number of nitrogens with two attached hydrogens (primary N) is 1. The molecule has 0 saturated carbocycles. The minimum Gasteiger partial charge on any atom is -0.451 e. The fourth-order valence-electron chi connectivity index (χ4n) is 3.22. The normalized spacial score (nSPS) is 11.0. The Morgan fingerprint density at radius 1 is 1.21 bits per heavy atom. The van der Waals surface area contributed by atoms with Crippen molar-refractivity contribution in [3.05, 3.63) is 58.7 Å². The van der Waals surface area contributed by atoms with Crippen molar-refractivity contribution in [1.29, 1.82) is 0 Å². The van der Waals surface area contributed by atoms with E-state index in [-0.39, 0.29) is 4.88 Å². The van der Waals surface area contributed by atoms with Crippen molar-refractivity contribution < 1.29 is 14.3 Å². The van der Waals surface area contributed by atoms with Crippen molar-refractivity contribution in [3.8, 4) is 0 Å². The van der Waals surface area contributed by atoms with E-state index in [4.69, 9.17) is 10.5 Å². The lowest BCUT2D eigenvalue weighted by molar-refractivity contribution is -0.119. The minimum absolute atomic E-state index is 0.253. The zero-order valence-corrected chi connectivity index (χ0v) is 16.7. The van der Waals surface area contributed by atoms with E-state index in [0.717, 1.165) is 27.5 Å². The van der Waals surface area contributed by atoms with Gasteiger partial charge in [0.2, 0.25) is 0 Å². The second kappa shape index (κ2) is 7.48. The Morgan fingerprint density at radius 2 is 2.03 bits per heavy atom. The van der Waals surface area contributed by atoms with Crippen LogP contribution in [0, 0.1) is 13.8 Å². The van der Waals surface area contributed by atoms with Crippen LogP contribution in [0.3, 0.4) is 0 Å². The summed E-state index contributed by atoms with van der Waals surface area (Å²) in [6.07, 6.45) is 1.68. The maximum Gasteiger partial charge on any atom is 0.351 e. The minimum atomic E-state index is -0.641. The molecule has 3 heterocycles. The third-order valence-corrected chi connectivity index (χ3v) is 5.54. The summed E-state index contributed by atoms with van der Waals surface area (Å²) in [5.74, 6) is -1.09. The lowest BCUT2D eigenvalue weighted by Gasteiger charge is -2.08. The summed E-state index contributed by atoms with van der Waals surface area (Å²) in [6.45, 7) is 3.38. The zero-order chi connectivity index (χ0) is 20.5. The fourth-order valence-corrected chi connectivity index (χ4v) is 4.33. The van der Waals surface area contributed by atoms with E-state index >= 15 is 0 Å². The van der Waals surface area contributed by atoms with Gasteiger partial charge in [-0.1, -0.05) is 6.07 Å². The first-order chi connectivity index (χ1) is 13.9. The number of nitrogens with one attached hydrogen (secondary N) is 1. The molecule has 4 rings (SSSR count). The van der Waals surface area contributed by atoms with Crippen LogP contribution in [0.1, 0.15) is 20.9 Å². The molecule has 0 aliphatic heterocycles. The van der Waals surface area contributed by atoms with Crippen molar-refractivity contribution in [2.24, 2.45) is 0 Å². The summed E-state index contributed by atoms with van der Waals surface area (Å²) < 4.78 is 5.19. The van der Waals surface area contributed by atoms with Crippen molar-refractivity contribution in [2.75, 3.05) is 17.7 Å². The number of aryl methyl sites for hydroxylation is 2. The lowest BCUT2D eigenvalue weighted by atomic mass is 10.1. The van der Waals surface area contributed by atoms with Crippen LogP contribution in [0.25, 0.3) is 21.1 Å². The van der Waals surface area contributed by atoms with E-state index in [1.807, 2.05) is 32.0 Å². The monoisotopic (exact) mass is 406 g/mol. The van der Waals surface area contributed by atoms with Crippen molar-refractivity contribution in [1.82, 2.24) is 9.97 Å². The molecule has 146 valence electrons. The molecule has 0 unspecified atom stereocenters. The number of thiophene rings is 1. The van der Waals surface area contributed by atoms with Crippen molar-refractivity contribution >= 4 is 55.7 Å². The number of hydrogen-bond acceptors (Lipinski definition) is 7. The number of carbonyl (C=O) groups excluding carboxylic acids is 2. The molecule has 8 heteroatoms. The van der Waals surface area contributed by atoms with Crippen LogP contribution in [-0.2, 0) is 9.53 Å². The number of nitrogen functional groups attached to an aromatic ring is 1. The first-order valence-corrected chi connectivity index (χ1v) is 9.72. The van der Waals surface area contributed by atoms with Gasteiger partial charge in [0, 0.05) is 22.7 Å². The topological polar surface area (TPSA) is 107 Å². The molecule has 4 aromatic rings. The summed E-state index contributed by atoms with van der Waals surface area (Å²) in [6, 6.07) is 11.0. The predicted molar refractivity (Wildman–Crippen MR) is 114 cm³/mol. The highest BCUT2D eigenvalue weighted by Gasteiger charge is 2.21. The van der Waals surface area contributed by atoms with Crippen molar-refractivity contribution in [2.45, 2.75) is 13.8 Å². The van der Waals surface area contributed by atoms with Gasteiger partial charge in [-0.05, 0) is 49.7 Å². The van der Waals surface area contributed by atoms with Crippen LogP contribution < -0.4 is 11.1 Å². The number of esters is 1. The molecule has 0 saturated heterocycles. The Kier molecular flexibility index (Phi) is 4.85. The van der Waals surface area contributed by atoms with Gasteiger partial charge in [0.15, 0.2) is 6.61 Å². The van der Waals surface area contributed by atoms with Crippen LogP contribution in [0.15, 0.2) is 42.6 Å². The predicted octanol–water partition coefficient (Wildman–Crippen LogP) is 3.84. The van der Waals surface area contributed by atoms with Crippen LogP contribution >= 0.6 is 11.3 Å². The van der Waals surface area contributed by atoms with Crippen molar-refractivity contribution in [3.63, 3.8) is 0 Å². The van der Waals surface area contributed by atoms with Gasteiger partial charge in [-0.25, -0.2) is 9.78 Å². The van der Waals surface area contributed by atoms with Gasteiger partial charge >= 0.3 is 5.97 Å². The molecule has 0 fully saturated rings. The molecule has 0 bridgehead atoms. The van der Waals surface area contributed by atoms with Gasteiger partial charge in [-0.3, -0.25) is 9.78 Å². The lowest BCUT2D eigenvalue weighted by Crippen LogP contribution is -2.21. The largest absolute Gasteiger partial charge is 0.451 e. The summed E-state index contributed by atoms with van der Waals surface area (Å²) in [7, 11) is 0. The van der Waals surface area contributed by atoms with E-state index < -0.39 is 18.5 Å². The standard InChI is InChI=1S/C21H18N4O3S/c1-11-9-12(2)24-20-17(11)18(22)19(29-20)21(27)28-10-16(26)25-15-7-3-6-14-13(15)5-4-8-23-14/h3-9H,10,22H2,1-2H3,(H,25,26). The molecule has 0 radical (unpaired) electrons. The number of carbonyl (C=O) groups is 2. The van der Waals surface area contributed by atoms with E-state index in [9.17, 15) is 9.59 Å². The average molecular weight is 406 g/mol. The summed E-state index contributed by atoms with van der Waals surface area (Å²) in [5.41, 5.74) is 9.64. The molecule has 29 heavy (non-hydrogen) atoms. The Morgan fingerprint density at radius 3 is 2.86 bits per heavy atom. The maximum absolute atomic E-state index is 12.5. The summed E-state index contributed by atoms with van der Waals surface area (Å²) in [4.78, 5) is 34.4. The Balaban J connectivity index is 1.48. The zero-order valence-electron chi connectivity index (χ0n) is 15.9. The van der Waals surface area contributed by atoms with Crippen LogP contribution in [0.4, 0.5) is 11.4 Å². The number of nitrogens with zero attached hydrogens (tertiary/aromatic N) is 2. The van der Waals surface area contributed by atoms with Crippen LogP contribution in [-0.4, -0.2) is 28.5 Å². The number of benzene rings is 1. The molecular weight excluding hydrogens is 388 g/mol. The molecular formula is C21H18N4O3S. The SMILES string of the molecule is Cc1cc(C)c2c(N)c(C(=O)OCC(=O)Nc3cccc4ncccc34)sc2n1. The molecule has 1 amide bonds. The molecule has 0 aliphatic rings. The molecule has 1 aromatic carbocycles. The van der Waals surface area contributed by atoms with Gasteiger partial charge in [-0.2, -0.15) is 0 Å². The summed E-state index contributed by atoms with van der Waals surface area (Å²) in [5, 5.41) is 4.31. The molecule has 0 aliphatic carbocycles. The first kappa shape index (κ1) is 18.8. The number of ether oxygens (including phenoxy) is 1. The second-order valence-electron chi connectivity index (χ2n) is 6.61. The Hall–Kier alpha value is -3.52. The number of anilines is 2. The van der Waals surface area contributed by atoms with Gasteiger partial charge in [-0.15, -0.1) is 11.3 Å². The van der Waals surface area contributed by atoms with E-state index in [1.165, 1.54) is 11.3 Å². The highest BCUT2D eigenvalue weighted by atomic mass is 32.1. The number of rotatable bonds is 4. The highest BCUT2D eigenvalue weighted by Crippen LogP contribution is 2.35. The molecule has 3 N–H and O–H groups in total. The molecule has 0 atom stereocenters. The van der Waals surface area contributed by atoms with E-state index in [0.29, 0.717) is 16.2 Å². The third-order valence-electron chi connectivity index (χ3n) is 4.46. The number of amides is 1. The highest BCUT2D eigenvalue weighted by molar-refractivity contribution is 7.21. The number of pyridine rings is 2. The first-order valence-electron chi connectivity index (χ1n) is 8.91. The Labute approximate surface area is 170 Å². The van der Waals surface area contributed by atoms with Crippen LogP contribution in [0.2, 0.25) is 0 Å². The average Bonchev–Trinajstić information content (AvgIpc) is 3.03. The fraction of sp³-hybridized carbons (Fsp3) is 0.143. The smallest absolute Gasteiger partial charge is 0.351 e. The van der Waals surface area contributed by atoms with Gasteiger partial charge in [0.25, 0.3) is 5.91 Å². The van der Waals surface area contributed by atoms with Gasteiger partial charge in [0.05, 0.1) is 16.9 Å². The third kappa shape index (κ3) is 3.62. The van der Waals surface area contributed by atoms with Crippen LogP contribution in [0.5, 0.6) is 0 Å². The molecule has 7 nitrogen and oxygen atoms in total. The maximum atomic E-state index is 12.5. The molecule has 0 spiro atoms. The van der Waals surface area contributed by atoms with E-state index in [1.54, 1.807) is 24.4 Å². The van der Waals surface area contributed by atoms with E-state index in [2.05, 4.69) is 15.3 Å². The number of hydrogen-bond donors (Lipinski definition) is 2. The quantitative estimate of drug-likeness (QED) is 0.499. The number of aromatic nitrogens is 2. The second-order valence-corrected chi connectivity index (χ2v) is 7.60. The number of fused-ring (bicyclic) bond motifs is 2. The summed E-state index contributed by atoms with van der Waals surface area (Å²) >= 11 is 1.17. The Bertz CT molecular complexity index is 1260.